The fourth-order valence-corrected chi connectivity index (χ4v) is 6.42. The first-order valence-corrected chi connectivity index (χ1v) is 21.6. The Morgan fingerprint density at radius 1 is 0.480 bits per heavy atom. The molecule has 0 aliphatic carbocycles. The summed E-state index contributed by atoms with van der Waals surface area (Å²) in [4.78, 5) is 38.3. The van der Waals surface area contributed by atoms with Gasteiger partial charge in [-0.1, -0.05) is 162 Å². The van der Waals surface area contributed by atoms with Crippen molar-refractivity contribution in [2.45, 2.75) is 219 Å². The Hall–Kier alpha value is -1.63. The summed E-state index contributed by atoms with van der Waals surface area (Å²) in [5.74, 6) is -0.868. The first-order valence-electron chi connectivity index (χ1n) is 21.6. The highest BCUT2D eigenvalue weighted by Gasteiger charge is 2.23. The molecular formula is C43H85N2O5+. The molecule has 1 unspecified atom stereocenters. The maximum atomic E-state index is 13.0. The van der Waals surface area contributed by atoms with Gasteiger partial charge in [0.1, 0.15) is 6.04 Å². The van der Waals surface area contributed by atoms with Crippen LogP contribution >= 0.6 is 0 Å². The lowest BCUT2D eigenvalue weighted by Gasteiger charge is -2.23. The maximum Gasteiger partial charge on any atom is 0.328 e. The highest BCUT2D eigenvalue weighted by Crippen LogP contribution is 2.14. The van der Waals surface area contributed by atoms with Crippen molar-refractivity contribution in [2.24, 2.45) is 0 Å². The molecule has 0 aromatic rings. The zero-order valence-electron chi connectivity index (χ0n) is 34.1. The molecule has 0 aromatic heterocycles. The van der Waals surface area contributed by atoms with Gasteiger partial charge in [0, 0.05) is 12.8 Å². The van der Waals surface area contributed by atoms with E-state index in [-0.39, 0.29) is 24.7 Å². The van der Waals surface area contributed by atoms with Crippen molar-refractivity contribution in [3.63, 3.8) is 0 Å². The number of rotatable bonds is 38. The molecule has 296 valence electrons. The minimum atomic E-state index is -0.804. The summed E-state index contributed by atoms with van der Waals surface area (Å²) in [5.41, 5.74) is 0. The van der Waals surface area contributed by atoms with Crippen LogP contribution < -0.4 is 5.32 Å². The van der Waals surface area contributed by atoms with Gasteiger partial charge in [0.05, 0.1) is 40.9 Å². The van der Waals surface area contributed by atoms with Gasteiger partial charge in [-0.05, 0) is 38.5 Å². The van der Waals surface area contributed by atoms with Crippen molar-refractivity contribution < 1.29 is 28.3 Å². The molecule has 0 spiro atoms. The average Bonchev–Trinajstić information content (AvgIpc) is 3.08. The van der Waals surface area contributed by atoms with Crippen LogP contribution in [0, 0.1) is 0 Å². The highest BCUT2D eigenvalue weighted by atomic mass is 16.5. The predicted molar refractivity (Wildman–Crippen MR) is 211 cm³/mol. The smallest absolute Gasteiger partial charge is 0.328 e. The first-order chi connectivity index (χ1) is 24.2. The molecule has 1 amide bonds. The minimum Gasteiger partial charge on any atom is -0.466 e. The van der Waals surface area contributed by atoms with Gasteiger partial charge in [0.25, 0.3) is 0 Å². The molecule has 7 nitrogen and oxygen atoms in total. The molecule has 1 atom stereocenters. The number of carbonyl (C=O) groups excluding carboxylic acids is 3. The van der Waals surface area contributed by atoms with E-state index in [1.54, 1.807) is 0 Å². The van der Waals surface area contributed by atoms with Crippen LogP contribution in [0.4, 0.5) is 0 Å². The lowest BCUT2D eigenvalue weighted by molar-refractivity contribution is -0.870. The van der Waals surface area contributed by atoms with E-state index < -0.39 is 12.0 Å². The van der Waals surface area contributed by atoms with Crippen LogP contribution in [0.5, 0.6) is 0 Å². The number of hydrogen-bond donors (Lipinski definition) is 1. The van der Waals surface area contributed by atoms with E-state index in [1.807, 2.05) is 0 Å². The highest BCUT2D eigenvalue weighted by molar-refractivity contribution is 5.85. The lowest BCUT2D eigenvalue weighted by Crippen LogP contribution is -2.42. The van der Waals surface area contributed by atoms with E-state index in [4.69, 9.17) is 9.47 Å². The van der Waals surface area contributed by atoms with Crippen LogP contribution in [0.15, 0.2) is 0 Å². The lowest BCUT2D eigenvalue weighted by atomic mass is 10.1. The number of nitrogens with zero attached hydrogens (tertiary/aromatic N) is 1. The topological polar surface area (TPSA) is 81.7 Å². The zero-order chi connectivity index (χ0) is 37.0. The molecule has 0 fully saturated rings. The van der Waals surface area contributed by atoms with Gasteiger partial charge in [-0.2, -0.15) is 0 Å². The minimum absolute atomic E-state index is 0.102. The van der Waals surface area contributed by atoms with E-state index in [9.17, 15) is 14.4 Å². The van der Waals surface area contributed by atoms with Crippen molar-refractivity contribution in [1.29, 1.82) is 0 Å². The fraction of sp³-hybridized carbons (Fsp3) is 0.930. The molecule has 7 heteroatoms. The van der Waals surface area contributed by atoms with Crippen LogP contribution in [-0.2, 0) is 23.9 Å². The summed E-state index contributed by atoms with van der Waals surface area (Å²) in [6.45, 7) is 6.50. The molecule has 0 bridgehead atoms. The van der Waals surface area contributed by atoms with Crippen LogP contribution in [0.3, 0.4) is 0 Å². The van der Waals surface area contributed by atoms with Gasteiger partial charge in [0.2, 0.25) is 5.91 Å². The predicted octanol–water partition coefficient (Wildman–Crippen LogP) is 11.4. The number of hydrogen-bond acceptors (Lipinski definition) is 5. The van der Waals surface area contributed by atoms with Gasteiger partial charge >= 0.3 is 11.9 Å². The molecule has 0 radical (unpaired) electrons. The van der Waals surface area contributed by atoms with Crippen molar-refractivity contribution in [3.05, 3.63) is 0 Å². The average molecular weight is 710 g/mol. The SMILES string of the molecule is CCCCCCCCCCCCOC(=O)CCC(NC(=O)CCCCCCCCCC[N+](C)(C)C)C(=O)OCCCCCCCCCCCC. The number of ether oxygens (including phenoxy) is 2. The van der Waals surface area contributed by atoms with Gasteiger partial charge in [0.15, 0.2) is 0 Å². The van der Waals surface area contributed by atoms with Crippen molar-refractivity contribution in [2.75, 3.05) is 40.9 Å². The molecule has 0 aliphatic rings. The quantitative estimate of drug-likeness (QED) is 0.0392. The van der Waals surface area contributed by atoms with Crippen LogP contribution in [-0.4, -0.2) is 69.3 Å². The van der Waals surface area contributed by atoms with Crippen molar-refractivity contribution in [3.8, 4) is 0 Å². The largest absolute Gasteiger partial charge is 0.466 e. The van der Waals surface area contributed by atoms with Gasteiger partial charge < -0.3 is 19.3 Å². The number of carbonyl (C=O) groups is 3. The Morgan fingerprint density at radius 2 is 0.860 bits per heavy atom. The summed E-state index contributed by atoms with van der Waals surface area (Å²) < 4.78 is 12.1. The van der Waals surface area contributed by atoms with E-state index in [0.717, 1.165) is 55.8 Å². The summed E-state index contributed by atoms with van der Waals surface area (Å²) in [7, 11) is 6.74. The Kier molecular flexibility index (Phi) is 34.6. The molecular weight excluding hydrogens is 624 g/mol. The maximum absolute atomic E-state index is 13.0. The molecule has 0 heterocycles. The molecule has 0 aliphatic heterocycles. The third kappa shape index (κ3) is 36.2. The van der Waals surface area contributed by atoms with E-state index in [2.05, 4.69) is 40.3 Å². The molecule has 0 aromatic carbocycles. The van der Waals surface area contributed by atoms with Crippen molar-refractivity contribution >= 4 is 17.8 Å². The fourth-order valence-electron chi connectivity index (χ4n) is 6.42. The Morgan fingerprint density at radius 3 is 1.30 bits per heavy atom. The van der Waals surface area contributed by atoms with Gasteiger partial charge in [-0.3, -0.25) is 9.59 Å². The van der Waals surface area contributed by atoms with E-state index in [0.29, 0.717) is 19.6 Å². The molecule has 0 saturated heterocycles. The second kappa shape index (κ2) is 35.8. The molecule has 50 heavy (non-hydrogen) atoms. The van der Waals surface area contributed by atoms with Gasteiger partial charge in [-0.25, -0.2) is 4.79 Å². The second-order valence-corrected chi connectivity index (χ2v) is 16.0. The summed E-state index contributed by atoms with van der Waals surface area (Å²) in [5, 5.41) is 2.89. The third-order valence-electron chi connectivity index (χ3n) is 9.74. The Labute approximate surface area is 310 Å². The third-order valence-corrected chi connectivity index (χ3v) is 9.74. The molecule has 1 N–H and O–H groups in total. The number of unbranched alkanes of at least 4 members (excludes halogenated alkanes) is 25. The summed E-state index contributed by atoms with van der Waals surface area (Å²) in [6.07, 6.45) is 34.5. The first kappa shape index (κ1) is 48.4. The van der Waals surface area contributed by atoms with Gasteiger partial charge in [-0.15, -0.1) is 0 Å². The van der Waals surface area contributed by atoms with Crippen LogP contribution in [0.25, 0.3) is 0 Å². The Bertz CT molecular complexity index is 782. The molecule has 0 saturated carbocycles. The normalized spacial score (nSPS) is 12.2. The molecule has 0 rings (SSSR count). The summed E-state index contributed by atoms with van der Waals surface area (Å²) in [6, 6.07) is -0.804. The van der Waals surface area contributed by atoms with Crippen LogP contribution in [0.1, 0.15) is 213 Å². The van der Waals surface area contributed by atoms with E-state index >= 15 is 0 Å². The standard InChI is InChI=1S/C43H84N2O5/c1-6-8-10-12-14-16-20-24-28-32-38-49-42(47)36-35-40(43(48)50-39-33-29-25-21-17-15-13-11-9-7-2)44-41(46)34-30-26-22-18-19-23-27-31-37-45(3,4)5/h40H,6-39H2,1-5H3/p+1. The number of esters is 2. The number of nitrogens with one attached hydrogen (secondary N) is 1. The van der Waals surface area contributed by atoms with E-state index in [1.165, 1.54) is 135 Å². The van der Waals surface area contributed by atoms with Crippen LogP contribution in [0.2, 0.25) is 0 Å². The monoisotopic (exact) mass is 710 g/mol. The second-order valence-electron chi connectivity index (χ2n) is 16.0. The Balaban J connectivity index is 4.38. The number of amides is 1. The number of quaternary nitrogens is 1. The van der Waals surface area contributed by atoms with Crippen molar-refractivity contribution in [1.82, 2.24) is 5.32 Å². The zero-order valence-corrected chi connectivity index (χ0v) is 34.1. The summed E-state index contributed by atoms with van der Waals surface area (Å²) >= 11 is 0.